The van der Waals surface area contributed by atoms with Crippen molar-refractivity contribution in [3.05, 3.63) is 62.6 Å². The lowest BCUT2D eigenvalue weighted by molar-refractivity contribution is 0.406. The zero-order valence-electron chi connectivity index (χ0n) is 11.8. The van der Waals surface area contributed by atoms with Crippen molar-refractivity contribution in [1.29, 1.82) is 0 Å². The number of ether oxygens (including phenoxy) is 1. The molecule has 0 aliphatic heterocycles. The molecule has 0 aliphatic carbocycles. The molecule has 0 fully saturated rings. The molecule has 2 nitrogen and oxygen atoms in total. The van der Waals surface area contributed by atoms with Gasteiger partial charge in [-0.15, -0.1) is 0 Å². The zero-order valence-corrected chi connectivity index (χ0v) is 14.1. The lowest BCUT2D eigenvalue weighted by Gasteiger charge is -2.20. The highest BCUT2D eigenvalue weighted by atomic mass is 35.5. The number of nitrogens with one attached hydrogen (secondary N) is 1. The molecule has 1 N–H and O–H groups in total. The molecule has 21 heavy (non-hydrogen) atoms. The quantitative estimate of drug-likeness (QED) is 0.809. The number of rotatable bonds is 5. The third kappa shape index (κ3) is 4.04. The van der Waals surface area contributed by atoms with E-state index in [0.717, 1.165) is 16.9 Å². The summed E-state index contributed by atoms with van der Waals surface area (Å²) in [5, 5.41) is 5.28. The van der Waals surface area contributed by atoms with Crippen LogP contribution in [0.25, 0.3) is 0 Å². The predicted molar refractivity (Wildman–Crippen MR) is 90.0 cm³/mol. The second-order valence-corrected chi connectivity index (χ2v) is 5.95. The van der Waals surface area contributed by atoms with Gasteiger partial charge in [0, 0.05) is 21.1 Å². The number of hydrogen-bond donors (Lipinski definition) is 1. The fraction of sp³-hybridized carbons (Fsp3) is 0.250. The third-order valence-corrected chi connectivity index (χ3v) is 4.16. The molecular formula is C16H16Cl3NO. The summed E-state index contributed by atoms with van der Waals surface area (Å²) in [6.07, 6.45) is 0.695. The number of methoxy groups -OCH3 is 1. The Balaban J connectivity index is 2.35. The van der Waals surface area contributed by atoms with Crippen LogP contribution in [-0.2, 0) is 6.42 Å². The van der Waals surface area contributed by atoms with E-state index in [0.29, 0.717) is 21.5 Å². The van der Waals surface area contributed by atoms with E-state index in [-0.39, 0.29) is 6.04 Å². The molecule has 0 amide bonds. The van der Waals surface area contributed by atoms with Crippen LogP contribution in [0.5, 0.6) is 5.75 Å². The largest absolute Gasteiger partial charge is 0.496 e. The SMILES string of the molecule is CNC(Cc1cc(Cl)ccc1OC)c1cc(Cl)ccc1Cl. The van der Waals surface area contributed by atoms with Crippen LogP contribution in [0.1, 0.15) is 17.2 Å². The van der Waals surface area contributed by atoms with E-state index in [2.05, 4.69) is 5.32 Å². The molecule has 0 saturated heterocycles. The van der Waals surface area contributed by atoms with Gasteiger partial charge >= 0.3 is 0 Å². The fourth-order valence-electron chi connectivity index (χ4n) is 2.28. The van der Waals surface area contributed by atoms with Crippen LogP contribution in [-0.4, -0.2) is 14.2 Å². The maximum atomic E-state index is 6.28. The summed E-state index contributed by atoms with van der Waals surface area (Å²) >= 11 is 18.4. The Labute approximate surface area is 140 Å². The molecule has 0 radical (unpaired) electrons. The summed E-state index contributed by atoms with van der Waals surface area (Å²) in [5.41, 5.74) is 1.97. The first-order valence-corrected chi connectivity index (χ1v) is 7.63. The highest BCUT2D eigenvalue weighted by Crippen LogP contribution is 2.31. The van der Waals surface area contributed by atoms with E-state index in [4.69, 9.17) is 39.5 Å². The second-order valence-electron chi connectivity index (χ2n) is 4.67. The molecule has 0 bridgehead atoms. The lowest BCUT2D eigenvalue weighted by Crippen LogP contribution is -2.19. The van der Waals surface area contributed by atoms with E-state index in [9.17, 15) is 0 Å². The van der Waals surface area contributed by atoms with E-state index < -0.39 is 0 Å². The fourth-order valence-corrected chi connectivity index (χ4v) is 2.90. The Kier molecular flexibility index (Phi) is 5.77. The van der Waals surface area contributed by atoms with Gasteiger partial charge in [0.2, 0.25) is 0 Å². The average Bonchev–Trinajstić information content (AvgIpc) is 2.47. The van der Waals surface area contributed by atoms with Crippen molar-refractivity contribution in [2.45, 2.75) is 12.5 Å². The van der Waals surface area contributed by atoms with Crippen molar-refractivity contribution in [3.8, 4) is 5.75 Å². The molecular weight excluding hydrogens is 329 g/mol. The third-order valence-electron chi connectivity index (χ3n) is 3.35. The van der Waals surface area contributed by atoms with Crippen LogP contribution >= 0.6 is 34.8 Å². The standard InChI is InChI=1S/C16H16Cl3NO/c1-20-15(13-9-12(18)3-5-14(13)19)8-10-7-11(17)4-6-16(10)21-2/h3-7,9,15,20H,8H2,1-2H3. The van der Waals surface area contributed by atoms with Gasteiger partial charge in [0.25, 0.3) is 0 Å². The molecule has 112 valence electrons. The normalized spacial score (nSPS) is 12.2. The van der Waals surface area contributed by atoms with Gasteiger partial charge in [0.1, 0.15) is 5.75 Å². The molecule has 1 atom stereocenters. The molecule has 2 aromatic rings. The first-order valence-electron chi connectivity index (χ1n) is 6.49. The summed E-state index contributed by atoms with van der Waals surface area (Å²) in [5.74, 6) is 0.804. The number of halogens is 3. The van der Waals surface area contributed by atoms with Crippen LogP contribution in [0.4, 0.5) is 0 Å². The van der Waals surface area contributed by atoms with Crippen LogP contribution in [0.2, 0.25) is 15.1 Å². The van der Waals surface area contributed by atoms with Gasteiger partial charge < -0.3 is 10.1 Å². The first kappa shape index (κ1) is 16.4. The number of likely N-dealkylation sites (N-methyl/N-ethyl adjacent to an activating group) is 1. The van der Waals surface area contributed by atoms with E-state index >= 15 is 0 Å². The Bertz CT molecular complexity index is 631. The second kappa shape index (κ2) is 7.37. The van der Waals surface area contributed by atoms with Gasteiger partial charge in [-0.25, -0.2) is 0 Å². The molecule has 5 heteroatoms. The van der Waals surface area contributed by atoms with Crippen molar-refractivity contribution < 1.29 is 4.74 Å². The van der Waals surface area contributed by atoms with Crippen molar-refractivity contribution >= 4 is 34.8 Å². The highest BCUT2D eigenvalue weighted by molar-refractivity contribution is 6.33. The molecule has 1 unspecified atom stereocenters. The summed E-state index contributed by atoms with van der Waals surface area (Å²) in [6, 6.07) is 11.1. The minimum atomic E-state index is 0.0172. The van der Waals surface area contributed by atoms with Crippen LogP contribution in [0.3, 0.4) is 0 Å². The Morgan fingerprint density at radius 2 is 1.71 bits per heavy atom. The molecule has 0 heterocycles. The zero-order chi connectivity index (χ0) is 15.4. The Hall–Kier alpha value is -0.930. The van der Waals surface area contributed by atoms with Crippen molar-refractivity contribution in [2.24, 2.45) is 0 Å². The average molecular weight is 345 g/mol. The smallest absolute Gasteiger partial charge is 0.122 e. The van der Waals surface area contributed by atoms with Crippen LogP contribution in [0, 0.1) is 0 Å². The minimum Gasteiger partial charge on any atom is -0.496 e. The van der Waals surface area contributed by atoms with Gasteiger partial charge in [-0.1, -0.05) is 34.8 Å². The van der Waals surface area contributed by atoms with Crippen LogP contribution < -0.4 is 10.1 Å². The highest BCUT2D eigenvalue weighted by Gasteiger charge is 2.16. The molecule has 0 aliphatic rings. The molecule has 0 saturated carbocycles. The van der Waals surface area contributed by atoms with E-state index in [1.807, 2.05) is 31.3 Å². The maximum Gasteiger partial charge on any atom is 0.122 e. The van der Waals surface area contributed by atoms with Crippen LogP contribution in [0.15, 0.2) is 36.4 Å². The Morgan fingerprint density at radius 3 is 2.38 bits per heavy atom. The van der Waals surface area contributed by atoms with E-state index in [1.54, 1.807) is 19.2 Å². The first-order chi connectivity index (χ1) is 10.0. The number of benzene rings is 2. The predicted octanol–water partition coefficient (Wildman–Crippen LogP) is 5.16. The van der Waals surface area contributed by atoms with Crippen molar-refractivity contribution in [3.63, 3.8) is 0 Å². The Morgan fingerprint density at radius 1 is 1.05 bits per heavy atom. The molecule has 2 rings (SSSR count). The topological polar surface area (TPSA) is 21.3 Å². The molecule has 2 aromatic carbocycles. The summed E-state index contributed by atoms with van der Waals surface area (Å²) in [4.78, 5) is 0. The van der Waals surface area contributed by atoms with Crippen molar-refractivity contribution in [2.75, 3.05) is 14.2 Å². The monoisotopic (exact) mass is 343 g/mol. The van der Waals surface area contributed by atoms with Gasteiger partial charge in [-0.05, 0) is 61.0 Å². The van der Waals surface area contributed by atoms with Gasteiger partial charge in [-0.3, -0.25) is 0 Å². The summed E-state index contributed by atoms with van der Waals surface area (Å²) in [6.45, 7) is 0. The molecule has 0 aromatic heterocycles. The van der Waals surface area contributed by atoms with Gasteiger partial charge in [0.05, 0.1) is 7.11 Å². The lowest BCUT2D eigenvalue weighted by atomic mass is 9.98. The van der Waals surface area contributed by atoms with Crippen molar-refractivity contribution in [1.82, 2.24) is 5.32 Å². The number of hydrogen-bond acceptors (Lipinski definition) is 2. The minimum absolute atomic E-state index is 0.0172. The van der Waals surface area contributed by atoms with E-state index in [1.165, 1.54) is 0 Å². The maximum absolute atomic E-state index is 6.28. The summed E-state index contributed by atoms with van der Waals surface area (Å²) in [7, 11) is 3.53. The van der Waals surface area contributed by atoms with Gasteiger partial charge in [-0.2, -0.15) is 0 Å². The van der Waals surface area contributed by atoms with Gasteiger partial charge in [0.15, 0.2) is 0 Å². The summed E-state index contributed by atoms with van der Waals surface area (Å²) < 4.78 is 5.39. The molecule has 0 spiro atoms.